The predicted octanol–water partition coefficient (Wildman–Crippen LogP) is 25.4. The third kappa shape index (κ3) is 13.6. The fourth-order valence-electron chi connectivity index (χ4n) is 11.7. The van der Waals surface area contributed by atoms with Gasteiger partial charge in [0, 0.05) is 0 Å². The number of hydrogen-bond donors (Lipinski definition) is 0. The quantitative estimate of drug-likeness (QED) is 0.142. The summed E-state index contributed by atoms with van der Waals surface area (Å²) < 4.78 is 23.4. The lowest BCUT2D eigenvalue weighted by molar-refractivity contribution is 0.568. The van der Waals surface area contributed by atoms with Gasteiger partial charge in [-0.1, -0.05) is 336 Å². The molecule has 0 radical (unpaired) electrons. The minimum Gasteiger partial charge on any atom is -0.0616 e. The first-order valence-electron chi connectivity index (χ1n) is 32.7. The smallest absolute Gasteiger partial charge is 0.0616 e. The summed E-state index contributed by atoms with van der Waals surface area (Å²) in [6.07, 6.45) is 0. The van der Waals surface area contributed by atoms with Gasteiger partial charge in [0.25, 0.3) is 0 Å². The minimum absolute atomic E-state index is 0.138. The Morgan fingerprint density at radius 2 is 0.302 bits per heavy atom. The predicted molar refractivity (Wildman–Crippen MR) is 380 cm³/mol. The van der Waals surface area contributed by atoms with Gasteiger partial charge in [-0.3, -0.25) is 0 Å². The van der Waals surface area contributed by atoms with Crippen LogP contribution < -0.4 is 0 Å². The van der Waals surface area contributed by atoms with Gasteiger partial charge in [-0.25, -0.2) is 0 Å². The Labute approximate surface area is 524 Å². The molecule has 0 N–H and O–H groups in total. The van der Waals surface area contributed by atoms with Gasteiger partial charge in [0.15, 0.2) is 0 Å². The number of rotatable bonds is 8. The molecule has 0 spiro atoms. The van der Waals surface area contributed by atoms with E-state index in [0.717, 1.165) is 89.0 Å². The van der Waals surface area contributed by atoms with Crippen LogP contribution in [0, 0.1) is 0 Å². The van der Waals surface area contributed by atoms with Crippen molar-refractivity contribution in [1.29, 1.82) is 0 Å². The van der Waals surface area contributed by atoms with E-state index < -0.39 is 0 Å². The van der Waals surface area contributed by atoms with Crippen molar-refractivity contribution in [3.8, 4) is 89.0 Å². The molecule has 0 aliphatic carbocycles. The molecule has 0 aliphatic rings. The summed E-state index contributed by atoms with van der Waals surface area (Å²) in [5, 5.41) is 0. The van der Waals surface area contributed by atoms with Crippen LogP contribution in [0.15, 0.2) is 182 Å². The van der Waals surface area contributed by atoms with Crippen LogP contribution in [-0.2, 0) is 43.3 Å². The normalized spacial score (nSPS) is 13.4. The van der Waals surface area contributed by atoms with Crippen molar-refractivity contribution in [2.75, 3.05) is 0 Å². The molecular formula is C86H102. The molecule has 0 saturated carbocycles. The standard InChI is InChI=1S/C86H102/c1-79(2,3)59-41-55(42-60(49-59)80(4,5)6)67-33-25-29-37-71(67)75-53-77(73-39-31-27-35-69(73)57-45-63(83(13,14)15)51-64(46-57)84(16,17)18)78(74-40-32-28-36-70(74)58-47-65(85(19,20)21)52-66(48-58)86(22,23)24)54-76(75)72-38-30-26-34-68(72)56-43-61(81(7,8)9)50-62(44-56)82(10,11)12/h25-54H,1-24H3/i53D,54D. The highest BCUT2D eigenvalue weighted by Gasteiger charge is 2.30. The van der Waals surface area contributed by atoms with Crippen molar-refractivity contribution in [3.05, 3.63) is 226 Å². The lowest BCUT2D eigenvalue weighted by Crippen LogP contribution is -2.16. The third-order valence-corrected chi connectivity index (χ3v) is 17.7. The topological polar surface area (TPSA) is 0 Å². The molecule has 0 fully saturated rings. The van der Waals surface area contributed by atoms with E-state index in [1.54, 1.807) is 0 Å². The van der Waals surface area contributed by atoms with E-state index in [4.69, 9.17) is 0 Å². The van der Waals surface area contributed by atoms with Gasteiger partial charge < -0.3 is 0 Å². The zero-order chi connectivity index (χ0) is 64.8. The van der Waals surface area contributed by atoms with Crippen LogP contribution in [0.2, 0.25) is 0 Å². The lowest BCUT2D eigenvalue weighted by atomic mass is 9.76. The Morgan fingerprint density at radius 3 is 0.430 bits per heavy atom. The Morgan fingerprint density at radius 1 is 0.174 bits per heavy atom. The summed E-state index contributed by atoms with van der Waals surface area (Å²) in [5.41, 5.74) is 24.1. The molecule has 0 heterocycles. The third-order valence-electron chi connectivity index (χ3n) is 17.7. The molecule has 0 atom stereocenters. The van der Waals surface area contributed by atoms with E-state index >= 15 is 0 Å². The Kier molecular flexibility index (Phi) is 15.9. The highest BCUT2D eigenvalue weighted by atomic mass is 14.3. The maximum absolute atomic E-state index is 11.7. The molecular weight excluding hydrogens is 1030 g/mol. The SMILES string of the molecule is [2H]c1c(-c2ccccc2-c2cc(C(C)(C)C)cc(C(C)(C)C)c2)c(-c2ccccc2-c2cc(C(C)(C)C)cc(C(C)(C)C)c2)c([2H])c(-c2ccccc2-c2cc(C(C)(C)C)cc(C(C)(C)C)c2)c1-c1ccccc1-c1cc(C(C)(C)C)cc(C(C)(C)C)c1. The van der Waals surface area contributed by atoms with Gasteiger partial charge in [-0.2, -0.15) is 0 Å². The first-order valence-corrected chi connectivity index (χ1v) is 31.7. The Balaban J connectivity index is 1.56. The van der Waals surface area contributed by atoms with Gasteiger partial charge in [0.2, 0.25) is 0 Å². The van der Waals surface area contributed by atoms with Crippen molar-refractivity contribution in [1.82, 2.24) is 0 Å². The van der Waals surface area contributed by atoms with Crippen LogP contribution >= 0.6 is 0 Å². The van der Waals surface area contributed by atoms with Gasteiger partial charge in [0.05, 0.1) is 2.74 Å². The zero-order valence-corrected chi connectivity index (χ0v) is 57.2. The van der Waals surface area contributed by atoms with Gasteiger partial charge in [-0.05, 0) is 189 Å². The lowest BCUT2D eigenvalue weighted by Gasteiger charge is -2.28. The highest BCUT2D eigenvalue weighted by molar-refractivity contribution is 6.05. The summed E-state index contributed by atoms with van der Waals surface area (Å²) in [4.78, 5) is 0. The molecule has 0 unspecified atom stereocenters. The van der Waals surface area contributed by atoms with Crippen molar-refractivity contribution in [2.45, 2.75) is 209 Å². The maximum Gasteiger partial charge on any atom is 0.0636 e. The monoisotopic (exact) mass is 1140 g/mol. The van der Waals surface area contributed by atoms with Crippen molar-refractivity contribution < 1.29 is 2.74 Å². The number of benzene rings is 9. The van der Waals surface area contributed by atoms with E-state index in [1.807, 2.05) is 0 Å². The largest absolute Gasteiger partial charge is 0.0636 e. The first kappa shape index (κ1) is 60.7. The van der Waals surface area contributed by atoms with E-state index in [9.17, 15) is 2.74 Å². The van der Waals surface area contributed by atoms with Crippen LogP contribution in [0.25, 0.3) is 89.0 Å². The minimum atomic E-state index is -0.138. The number of hydrogen-bond acceptors (Lipinski definition) is 0. The highest BCUT2D eigenvalue weighted by Crippen LogP contribution is 2.52. The molecule has 9 aromatic rings. The zero-order valence-electron chi connectivity index (χ0n) is 59.2. The second kappa shape index (κ2) is 22.6. The summed E-state index contributed by atoms with van der Waals surface area (Å²) in [6, 6.07) is 64.5. The van der Waals surface area contributed by atoms with E-state index in [2.05, 4.69) is 336 Å². The summed E-state index contributed by atoms with van der Waals surface area (Å²) in [5.74, 6) is 0. The van der Waals surface area contributed by atoms with Crippen LogP contribution in [0.5, 0.6) is 0 Å². The average molecular weight is 1140 g/mol. The van der Waals surface area contributed by atoms with Crippen LogP contribution in [0.3, 0.4) is 0 Å². The van der Waals surface area contributed by atoms with Crippen molar-refractivity contribution in [2.24, 2.45) is 0 Å². The Hall–Kier alpha value is -7.02. The summed E-state index contributed by atoms with van der Waals surface area (Å²) in [6.45, 7) is 55.3. The molecule has 0 amide bonds. The Bertz CT molecular complexity index is 3440. The average Bonchev–Trinajstić information content (AvgIpc) is 0.860. The fourth-order valence-corrected chi connectivity index (χ4v) is 11.7. The van der Waals surface area contributed by atoms with E-state index in [0.29, 0.717) is 12.1 Å². The van der Waals surface area contributed by atoms with Gasteiger partial charge in [0.1, 0.15) is 0 Å². The fraction of sp³-hybridized carbons (Fsp3) is 0.372. The van der Waals surface area contributed by atoms with Gasteiger partial charge in [-0.15, -0.1) is 0 Å². The second-order valence-electron chi connectivity index (χ2n) is 33.1. The van der Waals surface area contributed by atoms with Crippen LogP contribution in [0.1, 0.15) is 213 Å². The van der Waals surface area contributed by atoms with Crippen molar-refractivity contribution in [3.63, 3.8) is 0 Å². The van der Waals surface area contributed by atoms with Gasteiger partial charge >= 0.3 is 0 Å². The van der Waals surface area contributed by atoms with Crippen molar-refractivity contribution >= 4 is 0 Å². The maximum atomic E-state index is 11.7. The molecule has 0 bridgehead atoms. The van der Waals surface area contributed by atoms with Crippen LogP contribution in [0.4, 0.5) is 0 Å². The molecule has 0 saturated heterocycles. The molecule has 0 nitrogen and oxygen atoms in total. The van der Waals surface area contributed by atoms with Crippen LogP contribution in [-0.4, -0.2) is 0 Å². The van der Waals surface area contributed by atoms with E-state index in [-0.39, 0.29) is 43.3 Å². The molecule has 0 aromatic heterocycles. The molecule has 86 heavy (non-hydrogen) atoms. The molecule has 0 heteroatoms. The molecule has 0 aliphatic heterocycles. The second-order valence-corrected chi connectivity index (χ2v) is 33.1. The summed E-state index contributed by atoms with van der Waals surface area (Å²) >= 11 is 0. The summed E-state index contributed by atoms with van der Waals surface area (Å²) in [7, 11) is 0. The first-order chi connectivity index (χ1) is 40.5. The van der Waals surface area contributed by atoms with E-state index in [1.165, 1.54) is 44.5 Å². The molecule has 446 valence electrons. The molecule has 9 aromatic carbocycles. The molecule has 9 rings (SSSR count).